The standard InChI is InChI=1S/C35H39N5O6/c1-22(41)46-39-33(36)27-14-17-29-30(18-27)40(20-24-8-12-26(13-9-24)34(37)42)31(35(43)38-19-23-6-4-3-5-7-23)32(29)45-21-25-10-15-28(44-2)16-11-25/h8-18,23H,3-7,19-21H2,1-2H3,(H2,36,39)(H2,37,42)(H,38,43). The normalized spacial score (nSPS) is 13.7. The van der Waals surface area contributed by atoms with Crippen molar-refractivity contribution in [3.05, 3.63) is 94.7 Å². The Morgan fingerprint density at radius 3 is 2.24 bits per heavy atom. The van der Waals surface area contributed by atoms with Gasteiger partial charge in [0.1, 0.15) is 12.4 Å². The van der Waals surface area contributed by atoms with Crippen molar-refractivity contribution in [2.45, 2.75) is 52.2 Å². The molecule has 4 aromatic rings. The zero-order valence-corrected chi connectivity index (χ0v) is 26.1. The summed E-state index contributed by atoms with van der Waals surface area (Å²) in [5, 5.41) is 7.62. The molecule has 5 N–H and O–H groups in total. The first-order valence-electron chi connectivity index (χ1n) is 15.3. The highest BCUT2D eigenvalue weighted by Gasteiger charge is 2.26. The Labute approximate surface area is 267 Å². The van der Waals surface area contributed by atoms with Crippen LogP contribution in [0.3, 0.4) is 0 Å². The third-order valence-electron chi connectivity index (χ3n) is 8.20. The largest absolute Gasteiger partial charge is 0.497 e. The van der Waals surface area contributed by atoms with E-state index in [-0.39, 0.29) is 24.9 Å². The highest BCUT2D eigenvalue weighted by atomic mass is 16.7. The van der Waals surface area contributed by atoms with Crippen LogP contribution in [-0.4, -0.2) is 41.8 Å². The molecule has 0 bridgehead atoms. The van der Waals surface area contributed by atoms with Crippen LogP contribution in [0.4, 0.5) is 0 Å². The van der Waals surface area contributed by atoms with Gasteiger partial charge in [-0.25, -0.2) is 4.79 Å². The molecule has 46 heavy (non-hydrogen) atoms. The molecule has 0 unspecified atom stereocenters. The lowest BCUT2D eigenvalue weighted by molar-refractivity contribution is -0.140. The molecule has 1 aromatic heterocycles. The minimum absolute atomic E-state index is 0.000313. The molecule has 1 saturated carbocycles. The van der Waals surface area contributed by atoms with Gasteiger partial charge in [0.2, 0.25) is 5.91 Å². The number of carbonyl (C=O) groups excluding carboxylic acids is 3. The maximum Gasteiger partial charge on any atom is 0.332 e. The third-order valence-corrected chi connectivity index (χ3v) is 8.20. The Morgan fingerprint density at radius 1 is 0.913 bits per heavy atom. The van der Waals surface area contributed by atoms with Crippen molar-refractivity contribution in [3.8, 4) is 11.5 Å². The molecule has 0 aliphatic heterocycles. The van der Waals surface area contributed by atoms with E-state index in [9.17, 15) is 14.4 Å². The summed E-state index contributed by atoms with van der Waals surface area (Å²) in [6, 6.07) is 19.8. The SMILES string of the molecule is COc1ccc(COc2c(C(=O)NCC3CCCCC3)n(Cc3ccc(C(N)=O)cc3)c3cc(C(N)=NOC(C)=O)ccc23)cc1. The van der Waals surface area contributed by atoms with E-state index in [4.69, 9.17) is 25.8 Å². The quantitative estimate of drug-likeness (QED) is 0.0876. The Kier molecular flexibility index (Phi) is 10.2. The number of benzene rings is 3. The monoisotopic (exact) mass is 625 g/mol. The first-order chi connectivity index (χ1) is 22.2. The van der Waals surface area contributed by atoms with E-state index in [0.717, 1.165) is 42.6 Å². The Hall–Kier alpha value is -5.32. The van der Waals surface area contributed by atoms with Gasteiger partial charge in [0.15, 0.2) is 17.3 Å². The fraction of sp³-hybridized carbons (Fsp3) is 0.314. The van der Waals surface area contributed by atoms with Gasteiger partial charge < -0.3 is 35.7 Å². The first-order valence-corrected chi connectivity index (χ1v) is 15.3. The average Bonchev–Trinajstić information content (AvgIpc) is 3.38. The number of methoxy groups -OCH3 is 1. The topological polar surface area (TPSA) is 160 Å². The number of hydrogen-bond donors (Lipinski definition) is 3. The van der Waals surface area contributed by atoms with Crippen LogP contribution in [0.25, 0.3) is 10.9 Å². The molecule has 1 heterocycles. The van der Waals surface area contributed by atoms with E-state index in [1.165, 1.54) is 13.3 Å². The zero-order chi connectivity index (χ0) is 32.6. The highest BCUT2D eigenvalue weighted by Crippen LogP contribution is 2.36. The van der Waals surface area contributed by atoms with Gasteiger partial charge in [-0.2, -0.15) is 0 Å². The lowest BCUT2D eigenvalue weighted by atomic mass is 9.89. The number of carbonyl (C=O) groups is 3. The number of primary amides is 1. The summed E-state index contributed by atoms with van der Waals surface area (Å²) in [6.07, 6.45) is 5.72. The van der Waals surface area contributed by atoms with Crippen LogP contribution in [0.2, 0.25) is 0 Å². The van der Waals surface area contributed by atoms with Gasteiger partial charge in [-0.15, -0.1) is 0 Å². The van der Waals surface area contributed by atoms with Crippen molar-refractivity contribution < 1.29 is 28.7 Å². The van der Waals surface area contributed by atoms with Crippen molar-refractivity contribution in [2.24, 2.45) is 22.5 Å². The summed E-state index contributed by atoms with van der Waals surface area (Å²) in [7, 11) is 1.61. The molecular formula is C35H39N5O6. The van der Waals surface area contributed by atoms with Gasteiger partial charge in [0.05, 0.1) is 12.6 Å². The molecule has 0 atom stereocenters. The molecule has 11 heteroatoms. The van der Waals surface area contributed by atoms with Crippen LogP contribution in [0.1, 0.15) is 76.6 Å². The number of amidine groups is 1. The second-order valence-electron chi connectivity index (χ2n) is 11.5. The molecule has 1 fully saturated rings. The summed E-state index contributed by atoms with van der Waals surface area (Å²) < 4.78 is 13.6. The van der Waals surface area contributed by atoms with E-state index in [1.807, 2.05) is 34.9 Å². The minimum atomic E-state index is -0.599. The maximum atomic E-state index is 14.1. The highest BCUT2D eigenvalue weighted by molar-refractivity contribution is 6.07. The van der Waals surface area contributed by atoms with Crippen molar-refractivity contribution >= 4 is 34.5 Å². The lowest BCUT2D eigenvalue weighted by Crippen LogP contribution is -2.32. The van der Waals surface area contributed by atoms with Crippen LogP contribution in [0.15, 0.2) is 71.9 Å². The molecule has 240 valence electrons. The summed E-state index contributed by atoms with van der Waals surface area (Å²) in [6.45, 7) is 2.29. The first kappa shape index (κ1) is 32.1. The molecule has 3 aromatic carbocycles. The summed E-state index contributed by atoms with van der Waals surface area (Å²) in [5.74, 6) is 0.182. The molecule has 0 radical (unpaired) electrons. The molecule has 0 spiro atoms. The van der Waals surface area contributed by atoms with Gasteiger partial charge in [-0.1, -0.05) is 54.8 Å². The van der Waals surface area contributed by atoms with Gasteiger partial charge in [0, 0.05) is 36.5 Å². The Morgan fingerprint density at radius 2 is 1.59 bits per heavy atom. The van der Waals surface area contributed by atoms with Gasteiger partial charge in [0.25, 0.3) is 5.91 Å². The third kappa shape index (κ3) is 7.66. The Bertz CT molecular complexity index is 1740. The molecule has 11 nitrogen and oxygen atoms in total. The number of rotatable bonds is 12. The van der Waals surface area contributed by atoms with Crippen LogP contribution in [0, 0.1) is 5.92 Å². The molecule has 2 amide bonds. The van der Waals surface area contributed by atoms with Crippen LogP contribution >= 0.6 is 0 Å². The molecule has 0 saturated heterocycles. The van der Waals surface area contributed by atoms with E-state index < -0.39 is 11.9 Å². The van der Waals surface area contributed by atoms with Crippen molar-refractivity contribution in [2.75, 3.05) is 13.7 Å². The van der Waals surface area contributed by atoms with Crippen LogP contribution in [0.5, 0.6) is 11.5 Å². The number of nitrogens with one attached hydrogen (secondary N) is 1. The second kappa shape index (κ2) is 14.6. The molecular weight excluding hydrogens is 586 g/mol. The molecule has 5 rings (SSSR count). The number of amides is 2. The lowest BCUT2D eigenvalue weighted by Gasteiger charge is -2.22. The maximum absolute atomic E-state index is 14.1. The van der Waals surface area contributed by atoms with E-state index >= 15 is 0 Å². The Balaban J connectivity index is 1.60. The van der Waals surface area contributed by atoms with Crippen molar-refractivity contribution in [1.29, 1.82) is 0 Å². The van der Waals surface area contributed by atoms with Crippen molar-refractivity contribution in [3.63, 3.8) is 0 Å². The fourth-order valence-corrected chi connectivity index (χ4v) is 5.73. The van der Waals surface area contributed by atoms with E-state index in [0.29, 0.717) is 45.9 Å². The zero-order valence-electron chi connectivity index (χ0n) is 26.1. The number of nitrogens with zero attached hydrogens (tertiary/aromatic N) is 2. The number of nitrogens with two attached hydrogens (primary N) is 2. The van der Waals surface area contributed by atoms with Crippen molar-refractivity contribution in [1.82, 2.24) is 9.88 Å². The predicted octanol–water partition coefficient (Wildman–Crippen LogP) is 4.87. The average molecular weight is 626 g/mol. The summed E-state index contributed by atoms with van der Waals surface area (Å²) >= 11 is 0. The van der Waals surface area contributed by atoms with Gasteiger partial charge in [-0.05, 0) is 66.3 Å². The number of aromatic nitrogens is 1. The summed E-state index contributed by atoms with van der Waals surface area (Å²) in [4.78, 5) is 42.0. The fourth-order valence-electron chi connectivity index (χ4n) is 5.73. The van der Waals surface area contributed by atoms with E-state index in [2.05, 4.69) is 10.5 Å². The van der Waals surface area contributed by atoms with Gasteiger partial charge in [-0.3, -0.25) is 9.59 Å². The van der Waals surface area contributed by atoms with Crippen LogP contribution < -0.4 is 26.3 Å². The number of ether oxygens (including phenoxy) is 2. The second-order valence-corrected chi connectivity index (χ2v) is 11.5. The molecule has 1 aliphatic carbocycles. The van der Waals surface area contributed by atoms with Gasteiger partial charge >= 0.3 is 5.97 Å². The number of hydrogen-bond acceptors (Lipinski definition) is 7. The predicted molar refractivity (Wildman–Crippen MR) is 175 cm³/mol. The van der Waals surface area contributed by atoms with Crippen LogP contribution in [-0.2, 0) is 22.8 Å². The van der Waals surface area contributed by atoms with E-state index in [1.54, 1.807) is 43.5 Å². The number of oxime groups is 1. The smallest absolute Gasteiger partial charge is 0.332 e. The number of fused-ring (bicyclic) bond motifs is 1. The molecule has 1 aliphatic rings. The summed E-state index contributed by atoms with van der Waals surface area (Å²) in [5.41, 5.74) is 15.2. The minimum Gasteiger partial charge on any atom is -0.497 e.